The molecule has 1 atom stereocenters. The van der Waals surface area contributed by atoms with Gasteiger partial charge in [0.25, 0.3) is 5.56 Å². The van der Waals surface area contributed by atoms with Gasteiger partial charge in [-0.3, -0.25) is 9.36 Å². The van der Waals surface area contributed by atoms with E-state index in [2.05, 4.69) is 5.32 Å². The fourth-order valence-corrected chi connectivity index (χ4v) is 4.41. The zero-order valence-electron chi connectivity index (χ0n) is 20.2. The Morgan fingerprint density at radius 1 is 1.06 bits per heavy atom. The third-order valence-corrected chi connectivity index (χ3v) is 6.66. The van der Waals surface area contributed by atoms with Crippen molar-refractivity contribution >= 4 is 45.8 Å². The Morgan fingerprint density at radius 3 is 2.47 bits per heavy atom. The van der Waals surface area contributed by atoms with Crippen molar-refractivity contribution in [3.05, 3.63) is 93.0 Å². The molecule has 0 saturated carbocycles. The van der Waals surface area contributed by atoms with Crippen molar-refractivity contribution < 1.29 is 9.53 Å². The molecule has 0 radical (unpaired) electrons. The lowest BCUT2D eigenvalue weighted by Crippen LogP contribution is -2.39. The van der Waals surface area contributed by atoms with Gasteiger partial charge < -0.3 is 15.0 Å². The van der Waals surface area contributed by atoms with E-state index in [0.717, 1.165) is 0 Å². The number of hydrogen-bond donors (Lipinski definition) is 1. The summed E-state index contributed by atoms with van der Waals surface area (Å²) in [4.78, 5) is 33.4. The van der Waals surface area contributed by atoms with E-state index in [1.54, 1.807) is 70.1 Å². The van der Waals surface area contributed by atoms with Crippen LogP contribution in [0.2, 0.25) is 10.0 Å². The smallest absolute Gasteiger partial charge is 0.322 e. The third kappa shape index (κ3) is 5.03. The van der Waals surface area contributed by atoms with Crippen LogP contribution in [-0.2, 0) is 0 Å². The number of benzene rings is 3. The van der Waals surface area contributed by atoms with E-state index >= 15 is 0 Å². The van der Waals surface area contributed by atoms with Crippen molar-refractivity contribution in [2.75, 3.05) is 18.5 Å². The van der Waals surface area contributed by atoms with Crippen molar-refractivity contribution in [2.45, 2.75) is 26.8 Å². The minimum atomic E-state index is -0.558. The van der Waals surface area contributed by atoms with Gasteiger partial charge in [-0.25, -0.2) is 9.78 Å². The molecule has 1 N–H and O–H groups in total. The Labute approximate surface area is 219 Å². The van der Waals surface area contributed by atoms with Gasteiger partial charge in [0.05, 0.1) is 45.0 Å². The molecule has 4 aromatic rings. The molecule has 0 spiro atoms. The van der Waals surface area contributed by atoms with Crippen molar-refractivity contribution in [1.82, 2.24) is 14.5 Å². The Kier molecular flexibility index (Phi) is 7.82. The van der Waals surface area contributed by atoms with Crippen LogP contribution >= 0.6 is 23.2 Å². The number of fused-ring (bicyclic) bond motifs is 1. The van der Waals surface area contributed by atoms with Gasteiger partial charge in [-0.15, -0.1) is 0 Å². The minimum Gasteiger partial charge on any atom is -0.494 e. The summed E-state index contributed by atoms with van der Waals surface area (Å²) in [5.41, 5.74) is 1.36. The van der Waals surface area contributed by atoms with Crippen LogP contribution in [0.25, 0.3) is 16.6 Å². The van der Waals surface area contributed by atoms with E-state index in [1.807, 2.05) is 26.8 Å². The molecule has 0 bridgehead atoms. The van der Waals surface area contributed by atoms with Crippen LogP contribution < -0.4 is 15.6 Å². The second-order valence-corrected chi connectivity index (χ2v) is 8.83. The minimum absolute atomic E-state index is 0.221. The van der Waals surface area contributed by atoms with Gasteiger partial charge in [0.1, 0.15) is 11.6 Å². The SMILES string of the molecule is CCOc1ccc(-n2c(C(C)N(CC)C(=O)Nc3cccc(Cl)c3Cl)nc3ccccc3c2=O)cc1. The number of para-hydroxylation sites is 1. The maximum atomic E-state index is 13.7. The highest BCUT2D eigenvalue weighted by Crippen LogP contribution is 2.31. The summed E-state index contributed by atoms with van der Waals surface area (Å²) in [7, 11) is 0. The number of carbonyl (C=O) groups excluding carboxylic acids is 1. The first-order valence-corrected chi connectivity index (χ1v) is 12.4. The number of aromatic nitrogens is 2. The Balaban J connectivity index is 1.79. The molecule has 1 unspecified atom stereocenters. The van der Waals surface area contributed by atoms with Crippen molar-refractivity contribution in [3.63, 3.8) is 0 Å². The Morgan fingerprint density at radius 2 is 1.78 bits per heavy atom. The molecule has 1 aromatic heterocycles. The van der Waals surface area contributed by atoms with Crippen LogP contribution in [0, 0.1) is 0 Å². The summed E-state index contributed by atoms with van der Waals surface area (Å²) in [6.45, 7) is 6.50. The quantitative estimate of drug-likeness (QED) is 0.291. The van der Waals surface area contributed by atoms with Gasteiger partial charge in [0.2, 0.25) is 0 Å². The Bertz CT molecular complexity index is 1450. The van der Waals surface area contributed by atoms with Gasteiger partial charge >= 0.3 is 6.03 Å². The molecular formula is C27H26Cl2N4O3. The first-order valence-electron chi connectivity index (χ1n) is 11.6. The lowest BCUT2D eigenvalue weighted by atomic mass is 10.2. The third-order valence-electron chi connectivity index (χ3n) is 5.84. The van der Waals surface area contributed by atoms with Gasteiger partial charge in [0.15, 0.2) is 0 Å². The van der Waals surface area contributed by atoms with E-state index in [1.165, 1.54) is 0 Å². The molecule has 186 valence electrons. The average molecular weight is 525 g/mol. The molecule has 2 amide bonds. The summed E-state index contributed by atoms with van der Waals surface area (Å²) in [6.07, 6.45) is 0. The molecule has 0 aliphatic carbocycles. The second-order valence-electron chi connectivity index (χ2n) is 8.05. The van der Waals surface area contributed by atoms with E-state index in [9.17, 15) is 9.59 Å². The topological polar surface area (TPSA) is 76.5 Å². The van der Waals surface area contributed by atoms with E-state index in [0.29, 0.717) is 52.0 Å². The monoisotopic (exact) mass is 524 g/mol. The van der Waals surface area contributed by atoms with E-state index in [4.69, 9.17) is 32.9 Å². The number of nitrogens with one attached hydrogen (secondary N) is 1. The van der Waals surface area contributed by atoms with Crippen molar-refractivity contribution in [2.24, 2.45) is 0 Å². The standard InChI is InChI=1S/C27H26Cl2N4O3/c1-4-32(27(35)31-23-12-8-10-21(28)24(23)29)17(3)25-30-22-11-7-6-9-20(22)26(34)33(25)18-13-15-19(16-14-18)36-5-2/h6-17H,4-5H2,1-3H3,(H,31,35). The summed E-state index contributed by atoms with van der Waals surface area (Å²) < 4.78 is 7.10. The van der Waals surface area contributed by atoms with Gasteiger partial charge in [-0.05, 0) is 69.3 Å². The highest BCUT2D eigenvalue weighted by Gasteiger charge is 2.26. The van der Waals surface area contributed by atoms with E-state index in [-0.39, 0.29) is 10.6 Å². The molecule has 0 fully saturated rings. The van der Waals surface area contributed by atoms with E-state index < -0.39 is 12.1 Å². The first-order chi connectivity index (χ1) is 17.3. The lowest BCUT2D eigenvalue weighted by molar-refractivity contribution is 0.193. The number of anilines is 1. The number of nitrogens with zero attached hydrogens (tertiary/aromatic N) is 3. The predicted molar refractivity (Wildman–Crippen MR) is 145 cm³/mol. The number of ether oxygens (including phenoxy) is 1. The second kappa shape index (κ2) is 11.0. The number of urea groups is 1. The maximum Gasteiger partial charge on any atom is 0.322 e. The number of halogens is 2. The summed E-state index contributed by atoms with van der Waals surface area (Å²) in [5.74, 6) is 1.13. The zero-order valence-corrected chi connectivity index (χ0v) is 21.7. The van der Waals surface area contributed by atoms with Gasteiger partial charge in [-0.2, -0.15) is 0 Å². The highest BCUT2D eigenvalue weighted by atomic mass is 35.5. The molecule has 0 aliphatic rings. The largest absolute Gasteiger partial charge is 0.494 e. The van der Waals surface area contributed by atoms with Gasteiger partial charge in [0, 0.05) is 6.54 Å². The Hall–Kier alpha value is -3.55. The molecule has 36 heavy (non-hydrogen) atoms. The molecular weight excluding hydrogens is 499 g/mol. The predicted octanol–water partition coefficient (Wildman–Crippen LogP) is 6.71. The molecule has 3 aromatic carbocycles. The molecule has 9 heteroatoms. The summed E-state index contributed by atoms with van der Waals surface area (Å²) in [6, 6.07) is 18.5. The van der Waals surface area contributed by atoms with Crippen molar-refractivity contribution in [3.8, 4) is 11.4 Å². The van der Waals surface area contributed by atoms with Crippen LogP contribution in [0.4, 0.5) is 10.5 Å². The molecule has 7 nitrogen and oxygen atoms in total. The summed E-state index contributed by atoms with van der Waals surface area (Å²) in [5, 5.41) is 3.91. The number of hydrogen-bond acceptors (Lipinski definition) is 4. The molecule has 0 aliphatic heterocycles. The number of amides is 2. The van der Waals surface area contributed by atoms with Crippen LogP contribution in [0.1, 0.15) is 32.6 Å². The number of rotatable bonds is 7. The molecule has 0 saturated heterocycles. The summed E-state index contributed by atoms with van der Waals surface area (Å²) >= 11 is 12.4. The molecule has 1 heterocycles. The van der Waals surface area contributed by atoms with Crippen LogP contribution in [0.5, 0.6) is 5.75 Å². The van der Waals surface area contributed by atoms with Gasteiger partial charge in [-0.1, -0.05) is 41.4 Å². The number of carbonyl (C=O) groups is 1. The lowest BCUT2D eigenvalue weighted by Gasteiger charge is -2.29. The molecule has 4 rings (SSSR count). The van der Waals surface area contributed by atoms with Crippen molar-refractivity contribution in [1.29, 1.82) is 0 Å². The first kappa shape index (κ1) is 25.5. The highest BCUT2D eigenvalue weighted by molar-refractivity contribution is 6.43. The fraction of sp³-hybridized carbons (Fsp3) is 0.222. The normalized spacial score (nSPS) is 11.8. The fourth-order valence-electron chi connectivity index (χ4n) is 4.06. The maximum absolute atomic E-state index is 13.7. The van der Waals surface area contributed by atoms with Crippen LogP contribution in [0.15, 0.2) is 71.5 Å². The van der Waals surface area contributed by atoms with Crippen LogP contribution in [0.3, 0.4) is 0 Å². The van der Waals surface area contributed by atoms with Crippen LogP contribution in [-0.4, -0.2) is 33.6 Å². The zero-order chi connectivity index (χ0) is 25.8. The average Bonchev–Trinajstić information content (AvgIpc) is 2.88.